The molecule has 4 N–H and O–H groups in total. The molecule has 0 saturated carbocycles. The molecule has 0 bridgehead atoms. The number of urea groups is 1. The van der Waals surface area contributed by atoms with Crippen LogP contribution in [0.5, 0.6) is 11.5 Å². The number of piperidine rings is 1. The van der Waals surface area contributed by atoms with Crippen LogP contribution in [0.25, 0.3) is 0 Å². The van der Waals surface area contributed by atoms with Crippen LogP contribution in [-0.2, 0) is 6.54 Å². The number of anilines is 1. The molecule has 2 amide bonds. The molecule has 0 unspecified atom stereocenters. The average Bonchev–Trinajstić information content (AvgIpc) is 2.56. The Kier molecular flexibility index (Phi) is 5.40. The fourth-order valence-corrected chi connectivity index (χ4v) is 3.10. The summed E-state index contributed by atoms with van der Waals surface area (Å²) >= 11 is 0. The van der Waals surface area contributed by atoms with E-state index in [-0.39, 0.29) is 23.6 Å². The molecule has 0 atom stereocenters. The van der Waals surface area contributed by atoms with E-state index >= 15 is 0 Å². The molecule has 1 saturated heterocycles. The fourth-order valence-electron chi connectivity index (χ4n) is 3.10. The quantitative estimate of drug-likeness (QED) is 0.689. The highest BCUT2D eigenvalue weighted by Gasteiger charge is 2.20. The Bertz CT molecular complexity index is 693. The Morgan fingerprint density at radius 3 is 2.32 bits per heavy atom. The number of rotatable bonds is 4. The summed E-state index contributed by atoms with van der Waals surface area (Å²) in [6, 6.07) is 14.2. The number of hydrogen-bond donors (Lipinski definition) is 4. The monoisotopic (exact) mass is 341 g/mol. The molecular formula is C19H23N3O3. The average molecular weight is 341 g/mol. The van der Waals surface area contributed by atoms with Crippen LogP contribution >= 0.6 is 0 Å². The number of phenols is 2. The highest BCUT2D eigenvalue weighted by Crippen LogP contribution is 2.24. The first-order chi connectivity index (χ1) is 12.1. The van der Waals surface area contributed by atoms with Crippen molar-refractivity contribution < 1.29 is 15.0 Å². The Hall–Kier alpha value is -2.73. The highest BCUT2D eigenvalue weighted by atomic mass is 16.3. The number of phenolic OH excluding ortho intramolecular Hbond substituents is 2. The molecule has 1 fully saturated rings. The summed E-state index contributed by atoms with van der Waals surface area (Å²) in [6.07, 6.45) is 1.79. The van der Waals surface area contributed by atoms with Crippen LogP contribution in [0.1, 0.15) is 18.4 Å². The summed E-state index contributed by atoms with van der Waals surface area (Å²) in [5.41, 5.74) is 1.66. The number of carbonyl (C=O) groups excluding carboxylic acids is 1. The van der Waals surface area contributed by atoms with Gasteiger partial charge in [-0.2, -0.15) is 0 Å². The van der Waals surface area contributed by atoms with E-state index in [4.69, 9.17) is 0 Å². The van der Waals surface area contributed by atoms with Gasteiger partial charge in [0.05, 0.1) is 0 Å². The van der Waals surface area contributed by atoms with Gasteiger partial charge in [0.25, 0.3) is 0 Å². The van der Waals surface area contributed by atoms with Gasteiger partial charge in [-0.1, -0.05) is 30.3 Å². The maximum atomic E-state index is 12.1. The Morgan fingerprint density at radius 1 is 1.04 bits per heavy atom. The lowest BCUT2D eigenvalue weighted by Crippen LogP contribution is -2.45. The number of benzene rings is 2. The van der Waals surface area contributed by atoms with Crippen LogP contribution in [0, 0.1) is 0 Å². The van der Waals surface area contributed by atoms with E-state index in [2.05, 4.69) is 27.7 Å². The van der Waals surface area contributed by atoms with Crippen molar-refractivity contribution in [3.05, 3.63) is 54.1 Å². The Morgan fingerprint density at radius 2 is 1.68 bits per heavy atom. The molecule has 1 heterocycles. The molecule has 132 valence electrons. The number of nitrogens with one attached hydrogen (secondary N) is 2. The van der Waals surface area contributed by atoms with E-state index < -0.39 is 0 Å². The second-order valence-electron chi connectivity index (χ2n) is 6.37. The number of amides is 2. The standard InChI is InChI=1S/C19H23N3O3/c23-17-10-16(11-18(24)12-17)21-19(25)20-15-6-8-22(9-7-15)13-14-4-2-1-3-5-14/h1-5,10-12,15,23-24H,6-9,13H2,(H2,20,21,25). The van der Waals surface area contributed by atoms with Gasteiger partial charge in [-0.3, -0.25) is 4.90 Å². The van der Waals surface area contributed by atoms with Crippen molar-refractivity contribution >= 4 is 11.7 Å². The third-order valence-corrected chi connectivity index (χ3v) is 4.33. The highest BCUT2D eigenvalue weighted by molar-refractivity contribution is 5.89. The summed E-state index contributed by atoms with van der Waals surface area (Å²) in [6.45, 7) is 2.81. The minimum Gasteiger partial charge on any atom is -0.508 e. The molecule has 0 spiro atoms. The third-order valence-electron chi connectivity index (χ3n) is 4.33. The number of nitrogens with zero attached hydrogens (tertiary/aromatic N) is 1. The summed E-state index contributed by atoms with van der Waals surface area (Å²) in [5, 5.41) is 24.5. The molecule has 2 aromatic rings. The van der Waals surface area contributed by atoms with Gasteiger partial charge in [-0.05, 0) is 18.4 Å². The van der Waals surface area contributed by atoms with Crippen LogP contribution in [0.2, 0.25) is 0 Å². The minimum atomic E-state index is -0.327. The van der Waals surface area contributed by atoms with Crippen LogP contribution in [-0.4, -0.2) is 40.3 Å². The fraction of sp³-hybridized carbons (Fsp3) is 0.316. The predicted octanol–water partition coefficient (Wildman–Crippen LogP) is 2.88. The molecule has 6 nitrogen and oxygen atoms in total. The molecule has 0 aliphatic carbocycles. The number of hydrogen-bond acceptors (Lipinski definition) is 4. The SMILES string of the molecule is O=C(Nc1cc(O)cc(O)c1)NC1CCN(Cc2ccccc2)CC1. The third kappa shape index (κ3) is 5.12. The van der Waals surface area contributed by atoms with Gasteiger partial charge in [-0.15, -0.1) is 0 Å². The molecule has 0 radical (unpaired) electrons. The van der Waals surface area contributed by atoms with E-state index in [1.165, 1.54) is 23.8 Å². The van der Waals surface area contributed by atoms with Crippen LogP contribution in [0.3, 0.4) is 0 Å². The lowest BCUT2D eigenvalue weighted by Gasteiger charge is -2.32. The zero-order chi connectivity index (χ0) is 17.6. The van der Waals surface area contributed by atoms with Crippen molar-refractivity contribution in [1.82, 2.24) is 10.2 Å². The van der Waals surface area contributed by atoms with Gasteiger partial charge in [0, 0.05) is 49.6 Å². The van der Waals surface area contributed by atoms with Crippen molar-refractivity contribution in [3.63, 3.8) is 0 Å². The van der Waals surface area contributed by atoms with E-state index in [1.807, 2.05) is 18.2 Å². The molecule has 0 aromatic heterocycles. The van der Waals surface area contributed by atoms with Crippen molar-refractivity contribution in [2.45, 2.75) is 25.4 Å². The van der Waals surface area contributed by atoms with Crippen LogP contribution in [0.4, 0.5) is 10.5 Å². The lowest BCUT2D eigenvalue weighted by molar-refractivity contribution is 0.190. The lowest BCUT2D eigenvalue weighted by atomic mass is 10.0. The molecule has 1 aliphatic rings. The van der Waals surface area contributed by atoms with Gasteiger partial charge in [0.2, 0.25) is 0 Å². The van der Waals surface area contributed by atoms with Gasteiger partial charge in [0.15, 0.2) is 0 Å². The Labute approximate surface area is 147 Å². The first kappa shape index (κ1) is 17.1. The molecule has 3 rings (SSSR count). The molecular weight excluding hydrogens is 318 g/mol. The normalized spacial score (nSPS) is 15.7. The number of carbonyl (C=O) groups is 1. The van der Waals surface area contributed by atoms with E-state index in [9.17, 15) is 15.0 Å². The minimum absolute atomic E-state index is 0.0930. The number of aromatic hydroxyl groups is 2. The molecule has 6 heteroatoms. The van der Waals surface area contributed by atoms with Gasteiger partial charge >= 0.3 is 6.03 Å². The summed E-state index contributed by atoms with van der Waals surface area (Å²) in [4.78, 5) is 14.5. The van der Waals surface area contributed by atoms with Crippen molar-refractivity contribution in [1.29, 1.82) is 0 Å². The van der Waals surface area contributed by atoms with E-state index in [0.717, 1.165) is 32.5 Å². The van der Waals surface area contributed by atoms with Crippen LogP contribution in [0.15, 0.2) is 48.5 Å². The summed E-state index contributed by atoms with van der Waals surface area (Å²) < 4.78 is 0. The first-order valence-electron chi connectivity index (χ1n) is 8.45. The van der Waals surface area contributed by atoms with Crippen molar-refractivity contribution in [2.75, 3.05) is 18.4 Å². The smallest absolute Gasteiger partial charge is 0.319 e. The predicted molar refractivity (Wildman–Crippen MR) is 96.7 cm³/mol. The summed E-state index contributed by atoms with van der Waals surface area (Å²) in [5.74, 6) is -0.186. The largest absolute Gasteiger partial charge is 0.508 e. The maximum Gasteiger partial charge on any atom is 0.319 e. The molecule has 2 aromatic carbocycles. The first-order valence-corrected chi connectivity index (χ1v) is 8.45. The Balaban J connectivity index is 1.44. The topological polar surface area (TPSA) is 84.8 Å². The van der Waals surface area contributed by atoms with Gasteiger partial charge in [-0.25, -0.2) is 4.79 Å². The molecule has 1 aliphatic heterocycles. The number of likely N-dealkylation sites (tertiary alicyclic amines) is 1. The van der Waals surface area contributed by atoms with E-state index in [0.29, 0.717) is 5.69 Å². The van der Waals surface area contributed by atoms with Crippen molar-refractivity contribution in [2.24, 2.45) is 0 Å². The van der Waals surface area contributed by atoms with Gasteiger partial charge in [0.1, 0.15) is 11.5 Å². The second-order valence-corrected chi connectivity index (χ2v) is 6.37. The van der Waals surface area contributed by atoms with Crippen LogP contribution < -0.4 is 10.6 Å². The molecule has 25 heavy (non-hydrogen) atoms. The zero-order valence-electron chi connectivity index (χ0n) is 14.0. The van der Waals surface area contributed by atoms with E-state index in [1.54, 1.807) is 0 Å². The second kappa shape index (κ2) is 7.90. The maximum absolute atomic E-state index is 12.1. The van der Waals surface area contributed by atoms with Crippen molar-refractivity contribution in [3.8, 4) is 11.5 Å². The zero-order valence-corrected chi connectivity index (χ0v) is 14.0. The van der Waals surface area contributed by atoms with Gasteiger partial charge < -0.3 is 20.8 Å². The summed E-state index contributed by atoms with van der Waals surface area (Å²) in [7, 11) is 0.